The molecule has 4 heterocycles. The predicted octanol–water partition coefficient (Wildman–Crippen LogP) is 4.17. The van der Waals surface area contributed by atoms with Crippen LogP contribution in [0.4, 0.5) is 47.8 Å². The van der Waals surface area contributed by atoms with Crippen molar-refractivity contribution in [2.24, 2.45) is 4.99 Å². The van der Waals surface area contributed by atoms with E-state index in [2.05, 4.69) is 52.4 Å². The summed E-state index contributed by atoms with van der Waals surface area (Å²) in [5.41, 5.74) is 0.210. The first-order valence-electron chi connectivity index (χ1n) is 13.9. The van der Waals surface area contributed by atoms with Gasteiger partial charge in [-0.3, -0.25) is 9.82 Å². The fourth-order valence-electron chi connectivity index (χ4n) is 4.97. The smallest absolute Gasteiger partial charge is 0.354 e. The van der Waals surface area contributed by atoms with Crippen molar-refractivity contribution in [2.75, 3.05) is 66.4 Å². The number of nitrogens with one attached hydrogen (secondary N) is 4. The molecule has 6 rings (SSSR count). The monoisotopic (exact) mass is 641 g/mol. The molecule has 0 spiro atoms. The van der Waals surface area contributed by atoms with Gasteiger partial charge in [0.1, 0.15) is 23.9 Å². The Labute approximate surface area is 256 Å². The molecule has 1 fully saturated rings. The van der Waals surface area contributed by atoms with E-state index in [1.165, 1.54) is 12.1 Å². The second kappa shape index (κ2) is 11.9. The molecule has 4 N–H and O–H groups in total. The predicted molar refractivity (Wildman–Crippen MR) is 168 cm³/mol. The molecule has 2 aliphatic rings. The number of anilines is 6. The number of aromatic amines is 1. The van der Waals surface area contributed by atoms with E-state index in [-0.39, 0.29) is 17.3 Å². The topological polar surface area (TPSA) is 147 Å². The molecule has 13 nitrogen and oxygen atoms in total. The number of sulfonamides is 1. The van der Waals surface area contributed by atoms with Gasteiger partial charge in [0.2, 0.25) is 16.0 Å². The summed E-state index contributed by atoms with van der Waals surface area (Å²) in [6.45, 7) is 4.24. The van der Waals surface area contributed by atoms with Crippen LogP contribution in [-0.2, 0) is 16.2 Å². The second-order valence-electron chi connectivity index (χ2n) is 10.7. The van der Waals surface area contributed by atoms with Crippen LogP contribution in [-0.4, -0.2) is 90.4 Å². The molecule has 17 heteroatoms. The first-order valence-corrected chi connectivity index (χ1v) is 15.8. The minimum atomic E-state index is -4.77. The maximum atomic E-state index is 13.9. The number of hydrogen-bond donors (Lipinski definition) is 4. The number of likely N-dealkylation sites (N-methyl/N-ethyl adjacent to an activating group) is 1. The van der Waals surface area contributed by atoms with Gasteiger partial charge in [0.25, 0.3) is 0 Å². The van der Waals surface area contributed by atoms with E-state index in [0.29, 0.717) is 29.9 Å². The van der Waals surface area contributed by atoms with Crippen molar-refractivity contribution in [1.29, 1.82) is 0 Å². The van der Waals surface area contributed by atoms with E-state index < -0.39 is 27.6 Å². The van der Waals surface area contributed by atoms with Crippen LogP contribution in [0.5, 0.6) is 0 Å². The van der Waals surface area contributed by atoms with Gasteiger partial charge in [0.05, 0.1) is 23.1 Å². The lowest BCUT2D eigenvalue weighted by Crippen LogP contribution is -2.47. The SMILES string of the molecule is CN1CCN(C2=NCN(c3n[nH]c4cc(Nc5ncc(C(F)(F)F)c(Nc6ccccc6NS(C)(=O)=O)n5)ccc34)C=C2)CC1. The number of para-hydroxylation sites is 2. The van der Waals surface area contributed by atoms with Gasteiger partial charge in [0, 0.05) is 49.6 Å². The van der Waals surface area contributed by atoms with Crippen LogP contribution in [0.15, 0.2) is 65.9 Å². The molecule has 2 aromatic carbocycles. The number of benzene rings is 2. The Bertz CT molecular complexity index is 1880. The van der Waals surface area contributed by atoms with Crippen molar-refractivity contribution in [3.8, 4) is 0 Å². The van der Waals surface area contributed by atoms with Gasteiger partial charge in [-0.15, -0.1) is 0 Å². The molecule has 4 aromatic rings. The van der Waals surface area contributed by atoms with E-state index in [4.69, 9.17) is 4.99 Å². The number of alkyl halides is 3. The molecule has 236 valence electrons. The van der Waals surface area contributed by atoms with Gasteiger partial charge in [0.15, 0.2) is 5.82 Å². The van der Waals surface area contributed by atoms with Crippen molar-refractivity contribution >= 4 is 61.4 Å². The minimum Gasteiger partial charge on any atom is -0.354 e. The van der Waals surface area contributed by atoms with Crippen molar-refractivity contribution in [2.45, 2.75) is 6.18 Å². The van der Waals surface area contributed by atoms with E-state index in [0.717, 1.165) is 43.7 Å². The Balaban J connectivity index is 1.21. The largest absolute Gasteiger partial charge is 0.421 e. The number of hydrogen-bond acceptors (Lipinski definition) is 11. The third-order valence-electron chi connectivity index (χ3n) is 7.26. The van der Waals surface area contributed by atoms with Crippen molar-refractivity contribution in [1.82, 2.24) is 30.0 Å². The summed E-state index contributed by atoms with van der Waals surface area (Å²) in [6, 6.07) is 11.3. The lowest BCUT2D eigenvalue weighted by atomic mass is 10.2. The second-order valence-corrected chi connectivity index (χ2v) is 12.4. The first kappa shape index (κ1) is 30.1. The third kappa shape index (κ3) is 6.93. The van der Waals surface area contributed by atoms with Crippen LogP contribution < -0.4 is 20.3 Å². The molecule has 0 amide bonds. The molecule has 0 atom stereocenters. The summed E-state index contributed by atoms with van der Waals surface area (Å²) >= 11 is 0. The number of halogens is 3. The van der Waals surface area contributed by atoms with Gasteiger partial charge in [-0.25, -0.2) is 18.4 Å². The summed E-state index contributed by atoms with van der Waals surface area (Å²) in [6.07, 6.45) is 0.769. The zero-order valence-corrected chi connectivity index (χ0v) is 25.1. The number of piperazine rings is 1. The third-order valence-corrected chi connectivity index (χ3v) is 7.85. The summed E-state index contributed by atoms with van der Waals surface area (Å²) < 4.78 is 67.4. The molecule has 0 saturated carbocycles. The molecule has 0 aliphatic carbocycles. The van der Waals surface area contributed by atoms with Gasteiger partial charge < -0.3 is 25.3 Å². The highest BCUT2D eigenvalue weighted by atomic mass is 32.2. The molecule has 45 heavy (non-hydrogen) atoms. The Kier molecular flexibility index (Phi) is 7.96. The number of aromatic nitrogens is 4. The lowest BCUT2D eigenvalue weighted by molar-refractivity contribution is -0.137. The van der Waals surface area contributed by atoms with Crippen LogP contribution >= 0.6 is 0 Å². The number of rotatable bonds is 7. The number of aliphatic imine (C=N–C) groups is 1. The zero-order valence-electron chi connectivity index (χ0n) is 24.3. The highest BCUT2D eigenvalue weighted by Gasteiger charge is 2.35. The van der Waals surface area contributed by atoms with Gasteiger partial charge in [-0.05, 0) is 43.5 Å². The summed E-state index contributed by atoms with van der Waals surface area (Å²) in [4.78, 5) is 19.2. The molecule has 0 unspecified atom stereocenters. The van der Waals surface area contributed by atoms with Gasteiger partial charge >= 0.3 is 6.18 Å². The van der Waals surface area contributed by atoms with Crippen LogP contribution in [0.3, 0.4) is 0 Å². The van der Waals surface area contributed by atoms with Crippen molar-refractivity contribution < 1.29 is 21.6 Å². The molecule has 0 bridgehead atoms. The minimum absolute atomic E-state index is 0.0616. The Morgan fingerprint density at radius 2 is 1.76 bits per heavy atom. The van der Waals surface area contributed by atoms with E-state index in [9.17, 15) is 21.6 Å². The average molecular weight is 642 g/mol. The molecule has 2 aromatic heterocycles. The van der Waals surface area contributed by atoms with Crippen molar-refractivity contribution in [3.05, 3.63) is 66.5 Å². The molecular weight excluding hydrogens is 611 g/mol. The van der Waals surface area contributed by atoms with Crippen LogP contribution in [0, 0.1) is 0 Å². The lowest BCUT2D eigenvalue weighted by Gasteiger charge is -2.35. The van der Waals surface area contributed by atoms with E-state index in [1.54, 1.807) is 24.3 Å². The van der Waals surface area contributed by atoms with Crippen LogP contribution in [0.2, 0.25) is 0 Å². The van der Waals surface area contributed by atoms with E-state index in [1.807, 2.05) is 23.2 Å². The highest BCUT2D eigenvalue weighted by molar-refractivity contribution is 7.92. The quantitative estimate of drug-likeness (QED) is 0.232. The Morgan fingerprint density at radius 3 is 2.44 bits per heavy atom. The fraction of sp³-hybridized carbons (Fsp3) is 0.286. The zero-order chi connectivity index (χ0) is 31.8. The van der Waals surface area contributed by atoms with Crippen LogP contribution in [0.1, 0.15) is 5.56 Å². The van der Waals surface area contributed by atoms with Gasteiger partial charge in [-0.1, -0.05) is 12.1 Å². The highest BCUT2D eigenvalue weighted by Crippen LogP contribution is 2.37. The average Bonchev–Trinajstić information content (AvgIpc) is 3.41. The first-order chi connectivity index (χ1) is 21.4. The Hall–Kier alpha value is -4.90. The maximum absolute atomic E-state index is 13.9. The summed E-state index contributed by atoms with van der Waals surface area (Å²) in [5.74, 6) is 0.975. The van der Waals surface area contributed by atoms with Crippen molar-refractivity contribution in [3.63, 3.8) is 0 Å². The fourth-order valence-corrected chi connectivity index (χ4v) is 5.55. The normalized spacial score (nSPS) is 16.2. The standard InChI is InChI=1S/C28H30F3N11O2S/c1-40-11-13-41(14-12-40)24-9-10-42(17-33-24)26-19-8-7-18(15-23(19)37-38-26)34-27-32-16-20(28(29,30)31)25(36-27)35-21-5-3-4-6-22(21)39-45(2,43)44/h3-10,15-16,39H,11-14,17H2,1-2H3,(H,37,38)(H2,32,34,35,36). The van der Waals surface area contributed by atoms with E-state index >= 15 is 0 Å². The number of nitrogens with zero attached hydrogens (tertiary/aromatic N) is 7. The number of fused-ring (bicyclic) bond motifs is 1. The molecule has 1 saturated heterocycles. The molecular formula is C28H30F3N11O2S. The summed E-state index contributed by atoms with van der Waals surface area (Å²) in [7, 11) is -1.59. The summed E-state index contributed by atoms with van der Waals surface area (Å²) in [5, 5.41) is 13.8. The molecule has 2 aliphatic heterocycles. The Morgan fingerprint density at radius 1 is 1.00 bits per heavy atom. The van der Waals surface area contributed by atoms with Gasteiger partial charge in [-0.2, -0.15) is 23.3 Å². The number of amidine groups is 1. The number of H-pyrrole nitrogens is 1. The maximum Gasteiger partial charge on any atom is 0.421 e. The van der Waals surface area contributed by atoms with Crippen LogP contribution in [0.25, 0.3) is 10.9 Å². The molecule has 0 radical (unpaired) electrons.